The van der Waals surface area contributed by atoms with Crippen LogP contribution < -0.4 is 10.6 Å². The Kier molecular flexibility index (Phi) is 4.49. The fraction of sp³-hybridized carbons (Fsp3) is 0.600. The van der Waals surface area contributed by atoms with E-state index in [-0.39, 0.29) is 35.4 Å². The van der Waals surface area contributed by atoms with Crippen LogP contribution in [-0.4, -0.2) is 61.6 Å². The number of rotatable bonds is 5. The third-order valence-electron chi connectivity index (χ3n) is 5.87. The molecule has 0 aromatic heterocycles. The second kappa shape index (κ2) is 6.67. The largest absolute Gasteiger partial charge is 0.374 e. The van der Waals surface area contributed by atoms with E-state index in [0.717, 1.165) is 31.2 Å². The van der Waals surface area contributed by atoms with Gasteiger partial charge < -0.3 is 20.3 Å². The van der Waals surface area contributed by atoms with E-state index in [2.05, 4.69) is 22.8 Å². The Balaban J connectivity index is 1.38. The molecule has 2 bridgehead atoms. The van der Waals surface area contributed by atoms with Crippen LogP contribution in [0.4, 0.5) is 0 Å². The van der Waals surface area contributed by atoms with Gasteiger partial charge in [0.25, 0.3) is 0 Å². The summed E-state index contributed by atoms with van der Waals surface area (Å²) in [6.07, 6.45) is 3.35. The monoisotopic (exact) mass is 357 g/mol. The summed E-state index contributed by atoms with van der Waals surface area (Å²) < 4.78 is 5.86. The molecular weight excluding hydrogens is 330 g/mol. The Labute approximate surface area is 154 Å². The number of hydrogen-bond acceptors (Lipinski definition) is 4. The third-order valence-corrected chi connectivity index (χ3v) is 5.87. The van der Waals surface area contributed by atoms with Crippen molar-refractivity contribution in [2.24, 2.45) is 0 Å². The maximum Gasteiger partial charge on any atom is 0.234 e. The lowest BCUT2D eigenvalue weighted by atomic mass is 9.97. The Morgan fingerprint density at radius 3 is 2.88 bits per heavy atom. The van der Waals surface area contributed by atoms with Gasteiger partial charge in [0.15, 0.2) is 0 Å². The van der Waals surface area contributed by atoms with Crippen LogP contribution in [0, 0.1) is 0 Å². The van der Waals surface area contributed by atoms with Crippen molar-refractivity contribution in [3.05, 3.63) is 35.4 Å². The first-order valence-corrected chi connectivity index (χ1v) is 9.41. The zero-order valence-corrected chi connectivity index (χ0v) is 15.5. The lowest BCUT2D eigenvalue weighted by Gasteiger charge is -2.32. The zero-order valence-electron chi connectivity index (χ0n) is 15.5. The van der Waals surface area contributed by atoms with Crippen LogP contribution in [-0.2, 0) is 20.7 Å². The Morgan fingerprint density at radius 1 is 1.27 bits per heavy atom. The van der Waals surface area contributed by atoms with Crippen LogP contribution in [0.2, 0.25) is 0 Å². The van der Waals surface area contributed by atoms with E-state index in [1.54, 1.807) is 0 Å². The molecule has 6 nitrogen and oxygen atoms in total. The van der Waals surface area contributed by atoms with Crippen molar-refractivity contribution in [1.82, 2.24) is 15.5 Å². The maximum absolute atomic E-state index is 12.9. The number of ether oxygens (including phenoxy) is 1. The predicted molar refractivity (Wildman–Crippen MR) is 97.8 cm³/mol. The van der Waals surface area contributed by atoms with E-state index >= 15 is 0 Å². The SMILES string of the molecule is CN(C)CC(=O)N[C@]12CO[C@H](C1)[C@H](NC(=O)C1CCc3ccccc31)C2. The average molecular weight is 357 g/mol. The van der Waals surface area contributed by atoms with Gasteiger partial charge in [-0.25, -0.2) is 0 Å². The number of nitrogens with zero attached hydrogens (tertiary/aromatic N) is 1. The molecule has 1 aromatic rings. The summed E-state index contributed by atoms with van der Waals surface area (Å²) in [4.78, 5) is 26.9. The Hall–Kier alpha value is -1.92. The molecule has 2 N–H and O–H groups in total. The van der Waals surface area contributed by atoms with Crippen LogP contribution in [0.5, 0.6) is 0 Å². The highest BCUT2D eigenvalue weighted by Gasteiger charge is 2.53. The number of carbonyl (C=O) groups excluding carboxylic acids is 2. The van der Waals surface area contributed by atoms with Gasteiger partial charge in [0.2, 0.25) is 11.8 Å². The van der Waals surface area contributed by atoms with E-state index in [0.29, 0.717) is 13.2 Å². The van der Waals surface area contributed by atoms with E-state index < -0.39 is 0 Å². The van der Waals surface area contributed by atoms with Gasteiger partial charge in [-0.2, -0.15) is 0 Å². The minimum Gasteiger partial charge on any atom is -0.374 e. The van der Waals surface area contributed by atoms with Crippen molar-refractivity contribution < 1.29 is 14.3 Å². The molecule has 2 fully saturated rings. The molecule has 0 radical (unpaired) electrons. The third kappa shape index (κ3) is 3.23. The highest BCUT2D eigenvalue weighted by Crippen LogP contribution is 2.40. The van der Waals surface area contributed by atoms with Gasteiger partial charge >= 0.3 is 0 Å². The smallest absolute Gasteiger partial charge is 0.234 e. The van der Waals surface area contributed by atoms with Crippen LogP contribution in [0.1, 0.15) is 36.3 Å². The van der Waals surface area contributed by atoms with Crippen molar-refractivity contribution in [3.63, 3.8) is 0 Å². The molecule has 4 atom stereocenters. The van der Waals surface area contributed by atoms with Crippen molar-refractivity contribution in [2.45, 2.75) is 49.3 Å². The highest BCUT2D eigenvalue weighted by atomic mass is 16.5. The summed E-state index contributed by atoms with van der Waals surface area (Å²) in [6.45, 7) is 0.901. The lowest BCUT2D eigenvalue weighted by Crippen LogP contribution is -2.54. The molecule has 2 aliphatic carbocycles. The van der Waals surface area contributed by atoms with E-state index in [9.17, 15) is 9.59 Å². The van der Waals surface area contributed by atoms with Crippen LogP contribution in [0.3, 0.4) is 0 Å². The molecule has 0 spiro atoms. The number of carbonyl (C=O) groups is 2. The summed E-state index contributed by atoms with van der Waals surface area (Å²) in [6, 6.07) is 8.18. The molecule has 1 unspecified atom stereocenters. The number of fused-ring (bicyclic) bond motifs is 3. The second-order valence-electron chi connectivity index (χ2n) is 8.23. The van der Waals surface area contributed by atoms with Gasteiger partial charge in [0.1, 0.15) is 0 Å². The Bertz CT molecular complexity index is 720. The van der Waals surface area contributed by atoms with Gasteiger partial charge in [0, 0.05) is 6.42 Å². The second-order valence-corrected chi connectivity index (χ2v) is 8.23. The lowest BCUT2D eigenvalue weighted by molar-refractivity contribution is -0.125. The number of nitrogens with one attached hydrogen (secondary N) is 2. The molecule has 1 saturated carbocycles. The van der Waals surface area contributed by atoms with E-state index in [1.807, 2.05) is 31.1 Å². The summed E-state index contributed by atoms with van der Waals surface area (Å²) in [5.74, 6) is 0.0337. The average Bonchev–Trinajstić information content (AvgIpc) is 3.25. The van der Waals surface area contributed by atoms with Gasteiger partial charge in [-0.3, -0.25) is 9.59 Å². The van der Waals surface area contributed by atoms with E-state index in [1.165, 1.54) is 5.56 Å². The minimum atomic E-state index is -0.330. The molecule has 3 aliphatic rings. The first-order valence-electron chi connectivity index (χ1n) is 9.41. The number of hydrogen-bond donors (Lipinski definition) is 2. The normalized spacial score (nSPS) is 31.9. The zero-order chi connectivity index (χ0) is 18.3. The molecule has 1 aliphatic heterocycles. The topological polar surface area (TPSA) is 70.7 Å². The van der Waals surface area contributed by atoms with Crippen LogP contribution in [0.25, 0.3) is 0 Å². The number of aryl methyl sites for hydroxylation is 1. The summed E-state index contributed by atoms with van der Waals surface area (Å²) in [7, 11) is 3.75. The van der Waals surface area contributed by atoms with Crippen LogP contribution >= 0.6 is 0 Å². The molecule has 4 rings (SSSR count). The first-order chi connectivity index (χ1) is 12.5. The highest BCUT2D eigenvalue weighted by molar-refractivity contribution is 5.85. The van der Waals surface area contributed by atoms with Crippen molar-refractivity contribution in [3.8, 4) is 0 Å². The van der Waals surface area contributed by atoms with Gasteiger partial charge in [0.05, 0.1) is 36.8 Å². The maximum atomic E-state index is 12.9. The predicted octanol–water partition coefficient (Wildman–Crippen LogP) is 0.810. The van der Waals surface area contributed by atoms with Crippen molar-refractivity contribution >= 4 is 11.8 Å². The summed E-state index contributed by atoms with van der Waals surface area (Å²) >= 11 is 0. The number of amides is 2. The van der Waals surface area contributed by atoms with Gasteiger partial charge in [-0.05, 0) is 44.5 Å². The molecule has 140 valence electrons. The molecule has 1 aromatic carbocycles. The van der Waals surface area contributed by atoms with Crippen LogP contribution in [0.15, 0.2) is 24.3 Å². The van der Waals surface area contributed by atoms with Crippen molar-refractivity contribution in [2.75, 3.05) is 27.2 Å². The Morgan fingerprint density at radius 2 is 2.08 bits per heavy atom. The summed E-state index contributed by atoms with van der Waals surface area (Å²) in [5.41, 5.74) is 2.11. The first kappa shape index (κ1) is 17.5. The van der Waals surface area contributed by atoms with Gasteiger partial charge in [-0.15, -0.1) is 0 Å². The number of likely N-dealkylation sites (N-methyl/N-ethyl adjacent to an activating group) is 1. The van der Waals surface area contributed by atoms with E-state index in [4.69, 9.17) is 4.74 Å². The van der Waals surface area contributed by atoms with Gasteiger partial charge in [-0.1, -0.05) is 24.3 Å². The number of benzene rings is 1. The fourth-order valence-corrected chi connectivity index (χ4v) is 4.74. The molecular formula is C20H27N3O3. The minimum absolute atomic E-state index is 0.00440. The molecule has 1 heterocycles. The fourth-order valence-electron chi connectivity index (χ4n) is 4.74. The quantitative estimate of drug-likeness (QED) is 0.818. The molecule has 2 amide bonds. The molecule has 26 heavy (non-hydrogen) atoms. The van der Waals surface area contributed by atoms with Crippen molar-refractivity contribution in [1.29, 1.82) is 0 Å². The molecule has 6 heteroatoms. The standard InChI is InChI=1S/C20H27N3O3/c1-23(2)11-18(24)22-20-9-16(17(10-20)26-12-20)21-19(25)15-8-7-13-5-3-4-6-14(13)15/h3-6,15-17H,7-12H2,1-2H3,(H,21,25)(H,22,24)/t15?,16-,17-,20+/m1/s1. The summed E-state index contributed by atoms with van der Waals surface area (Å²) in [5, 5.41) is 6.35. The molecule has 1 saturated heterocycles.